The molecule has 37 heavy (non-hydrogen) atoms. The van der Waals surface area contributed by atoms with Crippen LogP contribution in [-0.2, 0) is 23.1 Å². The van der Waals surface area contributed by atoms with Crippen LogP contribution in [-0.4, -0.2) is 42.8 Å². The Kier molecular flexibility index (Phi) is 5.75. The number of rotatable bonds is 3. The second-order valence-electron chi connectivity index (χ2n) is 11.6. The maximum atomic E-state index is 13.9. The van der Waals surface area contributed by atoms with E-state index in [-0.39, 0.29) is 17.1 Å². The number of nitrogens with zero attached hydrogens (tertiary/aromatic N) is 3. The third-order valence-electron chi connectivity index (χ3n) is 9.31. The lowest BCUT2D eigenvalue weighted by Gasteiger charge is -2.40. The van der Waals surface area contributed by atoms with Crippen LogP contribution in [0.25, 0.3) is 5.57 Å². The standard InChI is InChI=1S/C32H35N3O2/c1-4-21-16-25-26(18-28(21)34-11-13-35(14-12-34)31(37)22-7-5-6-8-22)32(2,3)27-17-23-15-20(19-33)9-10-24(23)29(27)30(25)36/h9-10,15-16,18,22H,4-8,11-14,17H2,1-3H3. The lowest BCUT2D eigenvalue weighted by atomic mass is 9.68. The Balaban J connectivity index is 1.32. The van der Waals surface area contributed by atoms with E-state index in [2.05, 4.69) is 48.8 Å². The van der Waals surface area contributed by atoms with Crippen molar-refractivity contribution in [1.82, 2.24) is 4.90 Å². The highest BCUT2D eigenvalue weighted by atomic mass is 16.2. The number of hydrogen-bond acceptors (Lipinski definition) is 4. The summed E-state index contributed by atoms with van der Waals surface area (Å²) in [5.74, 6) is 0.696. The van der Waals surface area contributed by atoms with E-state index in [0.717, 1.165) is 78.8 Å². The molecule has 2 aromatic rings. The number of anilines is 1. The minimum absolute atomic E-state index is 0.112. The number of allylic oxidation sites excluding steroid dienone is 2. The van der Waals surface area contributed by atoms with Crippen molar-refractivity contribution in [3.8, 4) is 6.07 Å². The smallest absolute Gasteiger partial charge is 0.225 e. The van der Waals surface area contributed by atoms with E-state index in [9.17, 15) is 14.9 Å². The van der Waals surface area contributed by atoms with Crippen molar-refractivity contribution in [3.63, 3.8) is 0 Å². The van der Waals surface area contributed by atoms with Crippen LogP contribution in [0.15, 0.2) is 35.9 Å². The van der Waals surface area contributed by atoms with Gasteiger partial charge in [-0.1, -0.05) is 39.7 Å². The fourth-order valence-electron chi connectivity index (χ4n) is 7.10. The number of hydrogen-bond donors (Lipinski definition) is 0. The van der Waals surface area contributed by atoms with Crippen molar-refractivity contribution < 1.29 is 9.59 Å². The number of carbonyl (C=O) groups is 2. The van der Waals surface area contributed by atoms with Crippen molar-refractivity contribution in [1.29, 1.82) is 5.26 Å². The summed E-state index contributed by atoms with van der Waals surface area (Å²) in [7, 11) is 0. The summed E-state index contributed by atoms with van der Waals surface area (Å²) >= 11 is 0. The second kappa shape index (κ2) is 8.87. The summed E-state index contributed by atoms with van der Waals surface area (Å²) in [4.78, 5) is 31.4. The van der Waals surface area contributed by atoms with E-state index in [1.165, 1.54) is 24.1 Å². The van der Waals surface area contributed by atoms with Crippen LogP contribution in [0.1, 0.15) is 84.6 Å². The van der Waals surface area contributed by atoms with Crippen molar-refractivity contribution in [2.45, 2.75) is 64.7 Å². The van der Waals surface area contributed by atoms with Crippen molar-refractivity contribution in [3.05, 3.63) is 69.3 Å². The Bertz CT molecular complexity index is 1380. The molecule has 0 aromatic heterocycles. The molecule has 5 heteroatoms. The molecule has 4 aliphatic rings. The lowest BCUT2D eigenvalue weighted by molar-refractivity contribution is -0.135. The van der Waals surface area contributed by atoms with Crippen molar-refractivity contribution >= 4 is 23.0 Å². The number of piperazine rings is 1. The predicted molar refractivity (Wildman–Crippen MR) is 146 cm³/mol. The molecule has 1 saturated carbocycles. The van der Waals surface area contributed by atoms with Gasteiger partial charge >= 0.3 is 0 Å². The van der Waals surface area contributed by atoms with Gasteiger partial charge < -0.3 is 9.80 Å². The third-order valence-corrected chi connectivity index (χ3v) is 9.31. The van der Waals surface area contributed by atoms with Gasteiger partial charge in [0.2, 0.25) is 5.91 Å². The largest absolute Gasteiger partial charge is 0.368 e. The topological polar surface area (TPSA) is 64.4 Å². The number of amides is 1. The van der Waals surface area contributed by atoms with Crippen LogP contribution in [0.2, 0.25) is 0 Å². The van der Waals surface area contributed by atoms with Gasteiger partial charge in [-0.2, -0.15) is 5.26 Å². The SMILES string of the molecule is CCc1cc2c(cc1N1CCN(C(=O)C3CCCC3)CC1)C(C)(C)C1=C(C2=O)c2ccc(C#N)cc2C1. The van der Waals surface area contributed by atoms with E-state index in [0.29, 0.717) is 17.9 Å². The Labute approximate surface area is 219 Å². The molecular weight excluding hydrogens is 458 g/mol. The van der Waals surface area contributed by atoms with Crippen LogP contribution in [0.5, 0.6) is 0 Å². The van der Waals surface area contributed by atoms with Gasteiger partial charge in [0.25, 0.3) is 0 Å². The fraction of sp³-hybridized carbons (Fsp3) is 0.469. The predicted octanol–water partition coefficient (Wildman–Crippen LogP) is 5.44. The number of Topliss-reactive ketones (excluding diaryl/α,β-unsaturated/α-hetero) is 1. The van der Waals surface area contributed by atoms with Gasteiger partial charge in [-0.25, -0.2) is 0 Å². The summed E-state index contributed by atoms with van der Waals surface area (Å²) in [5.41, 5.74) is 8.75. The molecule has 2 aromatic carbocycles. The summed E-state index contributed by atoms with van der Waals surface area (Å²) in [6.45, 7) is 9.82. The van der Waals surface area contributed by atoms with Crippen LogP contribution < -0.4 is 4.90 Å². The molecule has 190 valence electrons. The van der Waals surface area contributed by atoms with Crippen molar-refractivity contribution in [2.75, 3.05) is 31.1 Å². The number of benzene rings is 2. The zero-order valence-electron chi connectivity index (χ0n) is 22.2. The Morgan fingerprint density at radius 3 is 2.46 bits per heavy atom. The Hall–Kier alpha value is -3.39. The monoisotopic (exact) mass is 493 g/mol. The van der Waals surface area contributed by atoms with Gasteiger partial charge in [0.1, 0.15) is 0 Å². The molecule has 0 spiro atoms. The summed E-state index contributed by atoms with van der Waals surface area (Å²) in [6, 6.07) is 12.4. The summed E-state index contributed by atoms with van der Waals surface area (Å²) < 4.78 is 0. The molecule has 0 N–H and O–H groups in total. The second-order valence-corrected chi connectivity index (χ2v) is 11.6. The van der Waals surface area contributed by atoms with Crippen molar-refractivity contribution in [2.24, 2.45) is 5.92 Å². The zero-order chi connectivity index (χ0) is 25.9. The third kappa shape index (κ3) is 3.72. The van der Waals surface area contributed by atoms with Gasteiger partial charge in [0.15, 0.2) is 5.78 Å². The van der Waals surface area contributed by atoms with E-state index in [1.54, 1.807) is 0 Å². The van der Waals surface area contributed by atoms with E-state index in [1.807, 2.05) is 18.2 Å². The molecule has 0 unspecified atom stereocenters. The first-order valence-electron chi connectivity index (χ1n) is 13.9. The first-order chi connectivity index (χ1) is 17.8. The fourth-order valence-corrected chi connectivity index (χ4v) is 7.10. The number of fused-ring (bicyclic) bond motifs is 3. The Morgan fingerprint density at radius 1 is 1.05 bits per heavy atom. The molecule has 2 fully saturated rings. The molecule has 0 radical (unpaired) electrons. The summed E-state index contributed by atoms with van der Waals surface area (Å²) in [5, 5.41) is 9.38. The van der Waals surface area contributed by atoms with Crippen LogP contribution in [0, 0.1) is 17.2 Å². The highest BCUT2D eigenvalue weighted by Gasteiger charge is 2.43. The van der Waals surface area contributed by atoms with E-state index in [4.69, 9.17) is 0 Å². The van der Waals surface area contributed by atoms with Crippen LogP contribution in [0.3, 0.4) is 0 Å². The first kappa shape index (κ1) is 24.0. The Morgan fingerprint density at radius 2 is 1.78 bits per heavy atom. The molecule has 3 aliphatic carbocycles. The van der Waals surface area contributed by atoms with Gasteiger partial charge in [0, 0.05) is 54.3 Å². The van der Waals surface area contributed by atoms with Gasteiger partial charge in [0.05, 0.1) is 11.6 Å². The molecule has 0 atom stereocenters. The van der Waals surface area contributed by atoms with Gasteiger partial charge in [-0.3, -0.25) is 9.59 Å². The zero-order valence-corrected chi connectivity index (χ0v) is 22.2. The first-order valence-corrected chi connectivity index (χ1v) is 13.9. The molecule has 0 bridgehead atoms. The lowest BCUT2D eigenvalue weighted by Crippen LogP contribution is -2.50. The number of aryl methyl sites for hydroxylation is 1. The normalized spacial score (nSPS) is 20.5. The molecule has 1 saturated heterocycles. The number of nitriles is 1. The summed E-state index contributed by atoms with van der Waals surface area (Å²) in [6.07, 6.45) is 6.03. The molecule has 6 rings (SSSR count). The highest BCUT2D eigenvalue weighted by Crippen LogP contribution is 2.51. The number of carbonyl (C=O) groups excluding carboxylic acids is 2. The quantitative estimate of drug-likeness (QED) is 0.571. The molecule has 1 heterocycles. The van der Waals surface area contributed by atoms with E-state index < -0.39 is 0 Å². The van der Waals surface area contributed by atoms with Gasteiger partial charge in [-0.05, 0) is 77.8 Å². The minimum atomic E-state index is -0.286. The maximum Gasteiger partial charge on any atom is 0.225 e. The molecule has 1 amide bonds. The number of ketones is 1. The highest BCUT2D eigenvalue weighted by molar-refractivity contribution is 6.33. The average molecular weight is 494 g/mol. The molecule has 5 nitrogen and oxygen atoms in total. The maximum absolute atomic E-state index is 13.9. The molecular formula is C32H35N3O2. The van der Waals surface area contributed by atoms with Crippen LogP contribution >= 0.6 is 0 Å². The average Bonchev–Trinajstić information content (AvgIpc) is 3.59. The molecule has 1 aliphatic heterocycles. The van der Waals surface area contributed by atoms with Crippen LogP contribution in [0.4, 0.5) is 5.69 Å². The van der Waals surface area contributed by atoms with Gasteiger partial charge in [-0.15, -0.1) is 0 Å². The van der Waals surface area contributed by atoms with E-state index >= 15 is 0 Å². The minimum Gasteiger partial charge on any atom is -0.368 e.